The first-order valence-electron chi connectivity index (χ1n) is 13.1. The predicted octanol–water partition coefficient (Wildman–Crippen LogP) is 4.74. The summed E-state index contributed by atoms with van der Waals surface area (Å²) in [5.41, 5.74) is 0.106. The summed E-state index contributed by atoms with van der Waals surface area (Å²) in [5.74, 6) is -2.27. The van der Waals surface area contributed by atoms with Gasteiger partial charge < -0.3 is 20.3 Å². The number of rotatable bonds is 6. The summed E-state index contributed by atoms with van der Waals surface area (Å²) in [6, 6.07) is 7.63. The van der Waals surface area contributed by atoms with E-state index < -0.39 is 47.0 Å². The van der Waals surface area contributed by atoms with E-state index >= 15 is 0 Å². The van der Waals surface area contributed by atoms with Gasteiger partial charge in [0.2, 0.25) is 11.8 Å². The molecule has 2 aliphatic rings. The number of alkyl halides is 3. The van der Waals surface area contributed by atoms with Crippen LogP contribution in [-0.4, -0.2) is 41.6 Å². The molecule has 0 bridgehead atoms. The average Bonchev–Trinajstić information content (AvgIpc) is 3.24. The van der Waals surface area contributed by atoms with Crippen LogP contribution in [0, 0.1) is 11.3 Å². The van der Waals surface area contributed by atoms with Gasteiger partial charge in [0.1, 0.15) is 23.6 Å². The van der Waals surface area contributed by atoms with Gasteiger partial charge in [0.25, 0.3) is 11.8 Å². The van der Waals surface area contributed by atoms with Crippen LogP contribution < -0.4 is 20.7 Å². The topological polar surface area (TPSA) is 141 Å². The van der Waals surface area contributed by atoms with E-state index in [1.807, 2.05) is 0 Å². The van der Waals surface area contributed by atoms with E-state index in [9.17, 15) is 37.6 Å². The first-order valence-corrected chi connectivity index (χ1v) is 13.1. The zero-order valence-electron chi connectivity index (χ0n) is 23.4. The normalized spacial score (nSPS) is 16.8. The van der Waals surface area contributed by atoms with E-state index in [-0.39, 0.29) is 42.1 Å². The van der Waals surface area contributed by atoms with Gasteiger partial charge >= 0.3 is 6.18 Å². The number of carbonyl (C=O) groups excluding carboxylic acids is 4. The summed E-state index contributed by atoms with van der Waals surface area (Å²) in [5, 5.41) is 17.1. The molecule has 42 heavy (non-hydrogen) atoms. The maximum Gasteiger partial charge on any atom is 0.416 e. The van der Waals surface area contributed by atoms with E-state index in [0.29, 0.717) is 11.3 Å². The summed E-state index contributed by atoms with van der Waals surface area (Å²) in [6.45, 7) is 5.74. The lowest BCUT2D eigenvalue weighted by atomic mass is 10.0. The van der Waals surface area contributed by atoms with Crippen molar-refractivity contribution in [3.63, 3.8) is 0 Å². The van der Waals surface area contributed by atoms with Crippen molar-refractivity contribution in [2.45, 2.75) is 58.8 Å². The quantitative estimate of drug-likeness (QED) is 0.193. The molecule has 0 saturated carbocycles. The molecule has 0 aliphatic carbocycles. The number of imide groups is 1. The molecule has 3 N–H and O–H groups in total. The standard InChI is InChI=1S/C26H22F3N5O5.C3H8/c1-13(18(11-30)23(36)32-15-5-3-14(4-6-15)26(27,28)29)39-16-9-17-19(20(10-16)31-2)12-34(25(17)38)21-7-8-22(35)33-24(21)37;1-3-2/h3-6,9-10,21,31H,7-8,12H2,1-2H3,(H,32,36)(H,33,35,37);3H2,1-2H3/b18-13-;. The van der Waals surface area contributed by atoms with Gasteiger partial charge in [-0.2, -0.15) is 18.4 Å². The van der Waals surface area contributed by atoms with E-state index in [2.05, 4.69) is 29.8 Å². The Bertz CT molecular complexity index is 1460. The van der Waals surface area contributed by atoms with E-state index in [4.69, 9.17) is 4.74 Å². The van der Waals surface area contributed by atoms with Crippen molar-refractivity contribution in [3.05, 3.63) is 64.4 Å². The molecule has 0 spiro atoms. The molecule has 2 aromatic rings. The Kier molecular flexibility index (Phi) is 9.95. The highest BCUT2D eigenvalue weighted by Crippen LogP contribution is 2.36. The highest BCUT2D eigenvalue weighted by atomic mass is 19.4. The number of hydrogen-bond acceptors (Lipinski definition) is 7. The fraction of sp³-hybridized carbons (Fsp3) is 0.345. The molecule has 1 atom stereocenters. The molecule has 10 nitrogen and oxygen atoms in total. The number of allylic oxidation sites excluding steroid dienone is 1. The average molecular weight is 586 g/mol. The zero-order chi connectivity index (χ0) is 31.2. The van der Waals surface area contributed by atoms with Gasteiger partial charge in [-0.15, -0.1) is 0 Å². The first kappa shape index (κ1) is 31.7. The van der Waals surface area contributed by atoms with Gasteiger partial charge in [-0.1, -0.05) is 20.3 Å². The van der Waals surface area contributed by atoms with Crippen molar-refractivity contribution in [2.24, 2.45) is 0 Å². The fourth-order valence-electron chi connectivity index (χ4n) is 4.37. The largest absolute Gasteiger partial charge is 0.460 e. The van der Waals surface area contributed by atoms with Crippen LogP contribution >= 0.6 is 0 Å². The Morgan fingerprint density at radius 3 is 2.36 bits per heavy atom. The van der Waals surface area contributed by atoms with Crippen LogP contribution in [0.2, 0.25) is 0 Å². The lowest BCUT2D eigenvalue weighted by molar-refractivity contribution is -0.138. The maximum absolute atomic E-state index is 13.2. The van der Waals surface area contributed by atoms with Crippen LogP contribution in [0.3, 0.4) is 0 Å². The molecule has 0 radical (unpaired) electrons. The van der Waals surface area contributed by atoms with Gasteiger partial charge in [0, 0.05) is 43.0 Å². The van der Waals surface area contributed by atoms with E-state index in [0.717, 1.165) is 24.3 Å². The number of nitriles is 1. The number of carbonyl (C=O) groups is 4. The number of hydrogen-bond donors (Lipinski definition) is 3. The number of anilines is 2. The molecule has 1 unspecified atom stereocenters. The molecule has 2 aliphatic heterocycles. The lowest BCUT2D eigenvalue weighted by Gasteiger charge is -2.29. The Morgan fingerprint density at radius 1 is 1.17 bits per heavy atom. The summed E-state index contributed by atoms with van der Waals surface area (Å²) in [7, 11) is 1.62. The molecule has 1 saturated heterocycles. The summed E-state index contributed by atoms with van der Waals surface area (Å²) in [4.78, 5) is 51.1. The van der Waals surface area contributed by atoms with Gasteiger partial charge in [-0.3, -0.25) is 24.5 Å². The van der Waals surface area contributed by atoms with Crippen LogP contribution in [0.25, 0.3) is 0 Å². The monoisotopic (exact) mass is 585 g/mol. The van der Waals surface area contributed by atoms with Crippen LogP contribution in [-0.2, 0) is 27.1 Å². The molecule has 222 valence electrons. The highest BCUT2D eigenvalue weighted by Gasteiger charge is 2.40. The second kappa shape index (κ2) is 13.2. The third-order valence-electron chi connectivity index (χ3n) is 6.33. The van der Waals surface area contributed by atoms with Crippen molar-refractivity contribution in [2.75, 3.05) is 17.7 Å². The van der Waals surface area contributed by atoms with Crippen LogP contribution in [0.15, 0.2) is 47.7 Å². The number of nitrogens with zero attached hydrogens (tertiary/aromatic N) is 2. The maximum atomic E-state index is 13.2. The Hall–Kier alpha value is -4.86. The summed E-state index contributed by atoms with van der Waals surface area (Å²) < 4.78 is 44.1. The first-order chi connectivity index (χ1) is 19.8. The molecule has 2 heterocycles. The van der Waals surface area contributed by atoms with Crippen molar-refractivity contribution in [3.8, 4) is 11.8 Å². The second-order valence-corrected chi connectivity index (χ2v) is 9.53. The number of halogens is 3. The third kappa shape index (κ3) is 7.06. The minimum Gasteiger partial charge on any atom is -0.460 e. The van der Waals surface area contributed by atoms with Gasteiger partial charge in [-0.05, 0) is 43.7 Å². The molecular formula is C29H30F3N5O5. The molecule has 2 aromatic carbocycles. The van der Waals surface area contributed by atoms with Crippen LogP contribution in [0.4, 0.5) is 24.5 Å². The number of fused-ring (bicyclic) bond motifs is 1. The molecule has 13 heteroatoms. The Morgan fingerprint density at radius 2 is 1.81 bits per heavy atom. The minimum absolute atomic E-state index is 0.0442. The number of piperidine rings is 1. The summed E-state index contributed by atoms with van der Waals surface area (Å²) in [6.07, 6.45) is -2.98. The molecule has 0 aromatic heterocycles. The Balaban J connectivity index is 0.00000155. The van der Waals surface area contributed by atoms with Gasteiger partial charge in [-0.25, -0.2) is 0 Å². The van der Waals surface area contributed by atoms with Gasteiger partial charge in [0.05, 0.1) is 11.1 Å². The van der Waals surface area contributed by atoms with Crippen molar-refractivity contribution >= 4 is 35.0 Å². The molecule has 1 fully saturated rings. The van der Waals surface area contributed by atoms with Crippen molar-refractivity contribution in [1.29, 1.82) is 5.26 Å². The smallest absolute Gasteiger partial charge is 0.416 e. The van der Waals surface area contributed by atoms with Crippen LogP contribution in [0.1, 0.15) is 61.5 Å². The zero-order valence-corrected chi connectivity index (χ0v) is 23.4. The SMILES string of the molecule is CCC.CNc1cc(O/C(C)=C(/C#N)C(=O)Nc2ccc(C(F)(F)F)cc2)cc2c1CN(C1CCC(=O)NC1=O)C2=O. The number of nitrogens with one attached hydrogen (secondary N) is 3. The third-order valence-corrected chi connectivity index (χ3v) is 6.33. The van der Waals surface area contributed by atoms with Crippen LogP contribution in [0.5, 0.6) is 5.75 Å². The molecule has 4 rings (SSSR count). The lowest BCUT2D eigenvalue weighted by Crippen LogP contribution is -2.52. The molecular weight excluding hydrogens is 555 g/mol. The van der Waals surface area contributed by atoms with E-state index in [1.54, 1.807) is 19.2 Å². The molecule has 4 amide bonds. The van der Waals surface area contributed by atoms with Crippen molar-refractivity contribution in [1.82, 2.24) is 10.2 Å². The number of ether oxygens (including phenoxy) is 1. The number of amides is 4. The van der Waals surface area contributed by atoms with Crippen molar-refractivity contribution < 1.29 is 37.1 Å². The van der Waals surface area contributed by atoms with Gasteiger partial charge in [0.15, 0.2) is 5.57 Å². The second-order valence-electron chi connectivity index (χ2n) is 9.53. The van der Waals surface area contributed by atoms with E-state index in [1.165, 1.54) is 24.3 Å². The predicted molar refractivity (Wildman–Crippen MR) is 147 cm³/mol. The fourth-order valence-corrected chi connectivity index (χ4v) is 4.37. The highest BCUT2D eigenvalue weighted by molar-refractivity contribution is 6.07. The minimum atomic E-state index is -4.53. The number of benzene rings is 2. The summed E-state index contributed by atoms with van der Waals surface area (Å²) >= 11 is 0. The Labute approximate surface area is 240 Å².